The molecule has 4 rings (SSSR count). The van der Waals surface area contributed by atoms with Crippen LogP contribution in [0, 0.1) is 12.8 Å². The number of alkyl halides is 2. The molecular weight excluding hydrogens is 450 g/mol. The summed E-state index contributed by atoms with van der Waals surface area (Å²) in [7, 11) is 0. The number of aliphatic hydroxyl groups is 2. The predicted molar refractivity (Wildman–Crippen MR) is 117 cm³/mol. The summed E-state index contributed by atoms with van der Waals surface area (Å²) in [6.45, 7) is -0.0259. The Balaban J connectivity index is 1.44. The Morgan fingerprint density at radius 3 is 2.68 bits per heavy atom. The maximum Gasteiger partial charge on any atom is 0.301 e. The van der Waals surface area contributed by atoms with Crippen molar-refractivity contribution in [3.05, 3.63) is 36.2 Å². The van der Waals surface area contributed by atoms with Crippen LogP contribution in [0.1, 0.15) is 24.8 Å². The molecule has 0 bridgehead atoms. The van der Waals surface area contributed by atoms with Crippen LogP contribution in [0.25, 0.3) is 11.3 Å². The summed E-state index contributed by atoms with van der Waals surface area (Å²) in [4.78, 5) is 33.1. The number of carbonyl (C=O) groups is 2. The standard InChI is InChI=1S/C23H26F2N4O5/c1-13-8-15(16-9-20(27-12-26-16)28-21(32)14-2-3-14)4-5-18(13)34-19-6-7-29(11-23(19,24)25)22(33)17(31)10-30/h4-5,8-9,12,14,17,19,30-31H,2-3,6-7,10-11H2,1H3,(H,26,27,28,32)/t17-,19?/m0/s1. The first-order valence-corrected chi connectivity index (χ1v) is 11.0. The summed E-state index contributed by atoms with van der Waals surface area (Å²) in [5.74, 6) is -3.62. The van der Waals surface area contributed by atoms with Gasteiger partial charge < -0.3 is 25.2 Å². The Kier molecular flexibility index (Phi) is 6.76. The second kappa shape index (κ2) is 9.59. The highest BCUT2D eigenvalue weighted by Gasteiger charge is 2.48. The van der Waals surface area contributed by atoms with Crippen LogP contribution < -0.4 is 10.1 Å². The van der Waals surface area contributed by atoms with E-state index in [2.05, 4.69) is 15.3 Å². The van der Waals surface area contributed by atoms with E-state index in [4.69, 9.17) is 9.84 Å². The number of amides is 2. The smallest absolute Gasteiger partial charge is 0.301 e. The third-order valence-corrected chi connectivity index (χ3v) is 5.91. The molecule has 2 fully saturated rings. The van der Waals surface area contributed by atoms with Crippen LogP contribution in [0.3, 0.4) is 0 Å². The number of aromatic nitrogens is 2. The van der Waals surface area contributed by atoms with Crippen molar-refractivity contribution in [1.82, 2.24) is 14.9 Å². The zero-order valence-electron chi connectivity index (χ0n) is 18.6. The second-order valence-corrected chi connectivity index (χ2v) is 8.65. The van der Waals surface area contributed by atoms with Crippen molar-refractivity contribution in [3.8, 4) is 17.0 Å². The van der Waals surface area contributed by atoms with Crippen LogP contribution >= 0.6 is 0 Å². The van der Waals surface area contributed by atoms with Crippen molar-refractivity contribution >= 4 is 17.6 Å². The van der Waals surface area contributed by atoms with E-state index < -0.39 is 37.2 Å². The second-order valence-electron chi connectivity index (χ2n) is 8.65. The molecule has 34 heavy (non-hydrogen) atoms. The molecular formula is C23H26F2N4O5. The number of carbonyl (C=O) groups excluding carboxylic acids is 2. The van der Waals surface area contributed by atoms with E-state index in [0.717, 1.165) is 17.7 Å². The molecule has 11 heteroatoms. The molecule has 2 amide bonds. The number of aryl methyl sites for hydroxylation is 1. The van der Waals surface area contributed by atoms with Gasteiger partial charge in [0.25, 0.3) is 5.91 Å². The third-order valence-electron chi connectivity index (χ3n) is 5.91. The fraction of sp³-hybridized carbons (Fsp3) is 0.478. The number of benzene rings is 1. The highest BCUT2D eigenvalue weighted by Crippen LogP contribution is 2.34. The fourth-order valence-corrected chi connectivity index (χ4v) is 3.79. The zero-order valence-corrected chi connectivity index (χ0v) is 18.6. The van der Waals surface area contributed by atoms with E-state index in [1.165, 1.54) is 6.33 Å². The van der Waals surface area contributed by atoms with Gasteiger partial charge in [0, 0.05) is 30.5 Å². The molecule has 2 aromatic rings. The average Bonchev–Trinajstić information content (AvgIpc) is 3.66. The minimum Gasteiger partial charge on any atom is -0.484 e. The van der Waals surface area contributed by atoms with Crippen LogP contribution in [0.2, 0.25) is 0 Å². The molecule has 0 spiro atoms. The molecule has 3 N–H and O–H groups in total. The monoisotopic (exact) mass is 476 g/mol. The van der Waals surface area contributed by atoms with E-state index in [1.807, 2.05) is 0 Å². The molecule has 182 valence electrons. The lowest BCUT2D eigenvalue weighted by atomic mass is 10.0. The van der Waals surface area contributed by atoms with Crippen LogP contribution in [0.5, 0.6) is 5.75 Å². The first kappa shape index (κ1) is 24.0. The number of ether oxygens (including phenoxy) is 1. The Morgan fingerprint density at radius 2 is 2.03 bits per heavy atom. The van der Waals surface area contributed by atoms with E-state index in [-0.39, 0.29) is 30.5 Å². The molecule has 1 aliphatic heterocycles. The quantitative estimate of drug-likeness (QED) is 0.556. The molecule has 2 heterocycles. The number of hydrogen-bond acceptors (Lipinski definition) is 7. The third kappa shape index (κ3) is 5.31. The number of hydrogen-bond donors (Lipinski definition) is 3. The van der Waals surface area contributed by atoms with Gasteiger partial charge in [-0.3, -0.25) is 9.59 Å². The van der Waals surface area contributed by atoms with Gasteiger partial charge in [-0.05, 0) is 43.5 Å². The topological polar surface area (TPSA) is 125 Å². The highest BCUT2D eigenvalue weighted by molar-refractivity contribution is 5.93. The van der Waals surface area contributed by atoms with Gasteiger partial charge in [0.05, 0.1) is 18.8 Å². The van der Waals surface area contributed by atoms with Crippen LogP contribution in [0.4, 0.5) is 14.6 Å². The van der Waals surface area contributed by atoms with Gasteiger partial charge in [0.15, 0.2) is 12.2 Å². The van der Waals surface area contributed by atoms with E-state index >= 15 is 0 Å². The van der Waals surface area contributed by atoms with Gasteiger partial charge >= 0.3 is 5.92 Å². The van der Waals surface area contributed by atoms with Crippen LogP contribution in [0.15, 0.2) is 30.6 Å². The van der Waals surface area contributed by atoms with Crippen LogP contribution in [-0.2, 0) is 9.59 Å². The summed E-state index contributed by atoms with van der Waals surface area (Å²) in [5, 5.41) is 21.1. The minimum absolute atomic E-state index is 0.0242. The lowest BCUT2D eigenvalue weighted by Crippen LogP contribution is -2.57. The minimum atomic E-state index is -3.34. The van der Waals surface area contributed by atoms with Crippen molar-refractivity contribution in [2.24, 2.45) is 5.92 Å². The lowest BCUT2D eigenvalue weighted by Gasteiger charge is -2.38. The molecule has 1 saturated carbocycles. The van der Waals surface area contributed by atoms with Crippen molar-refractivity contribution < 1.29 is 33.3 Å². The number of likely N-dealkylation sites (tertiary alicyclic amines) is 1. The average molecular weight is 476 g/mol. The molecule has 1 aliphatic carbocycles. The lowest BCUT2D eigenvalue weighted by molar-refractivity contribution is -0.167. The number of nitrogens with one attached hydrogen (secondary N) is 1. The summed E-state index contributed by atoms with van der Waals surface area (Å²) in [5.41, 5.74) is 1.89. The summed E-state index contributed by atoms with van der Waals surface area (Å²) in [6.07, 6.45) is -0.190. The summed E-state index contributed by atoms with van der Waals surface area (Å²) < 4.78 is 35.0. The SMILES string of the molecule is Cc1cc(-c2cc(NC(=O)C3CC3)ncn2)ccc1OC1CCN(C(=O)[C@@H](O)CO)CC1(F)F. The highest BCUT2D eigenvalue weighted by atomic mass is 19.3. The molecule has 1 aromatic carbocycles. The summed E-state index contributed by atoms with van der Waals surface area (Å²) >= 11 is 0. The number of aliphatic hydroxyl groups excluding tert-OH is 2. The predicted octanol–water partition coefficient (Wildman–Crippen LogP) is 1.77. The van der Waals surface area contributed by atoms with E-state index in [0.29, 0.717) is 22.6 Å². The Hall–Kier alpha value is -3.18. The van der Waals surface area contributed by atoms with Gasteiger partial charge in [0.1, 0.15) is 17.9 Å². The van der Waals surface area contributed by atoms with Gasteiger partial charge in [-0.1, -0.05) is 0 Å². The first-order valence-electron chi connectivity index (χ1n) is 11.0. The largest absolute Gasteiger partial charge is 0.484 e. The molecule has 1 saturated heterocycles. The molecule has 1 aromatic heterocycles. The summed E-state index contributed by atoms with van der Waals surface area (Å²) in [6, 6.07) is 6.67. The van der Waals surface area contributed by atoms with Crippen molar-refractivity contribution in [2.45, 2.75) is 44.3 Å². The van der Waals surface area contributed by atoms with Gasteiger partial charge in [-0.2, -0.15) is 0 Å². The first-order chi connectivity index (χ1) is 16.2. The van der Waals surface area contributed by atoms with E-state index in [9.17, 15) is 23.5 Å². The number of anilines is 1. The van der Waals surface area contributed by atoms with Crippen molar-refractivity contribution in [3.63, 3.8) is 0 Å². The maximum absolute atomic E-state index is 14.7. The Morgan fingerprint density at radius 1 is 1.26 bits per heavy atom. The van der Waals surface area contributed by atoms with Crippen LogP contribution in [-0.4, -0.2) is 74.7 Å². The maximum atomic E-state index is 14.7. The number of nitrogens with zero attached hydrogens (tertiary/aromatic N) is 3. The Labute approximate surface area is 194 Å². The zero-order chi connectivity index (χ0) is 24.5. The van der Waals surface area contributed by atoms with Crippen molar-refractivity contribution in [1.29, 1.82) is 0 Å². The number of rotatable bonds is 7. The molecule has 0 radical (unpaired) electrons. The van der Waals surface area contributed by atoms with E-state index in [1.54, 1.807) is 31.2 Å². The molecule has 9 nitrogen and oxygen atoms in total. The molecule has 2 aliphatic rings. The Bertz CT molecular complexity index is 1080. The van der Waals surface area contributed by atoms with Crippen molar-refractivity contribution in [2.75, 3.05) is 25.0 Å². The molecule has 2 atom stereocenters. The molecule has 1 unspecified atom stereocenters. The number of piperidine rings is 1. The van der Waals surface area contributed by atoms with Gasteiger partial charge in [-0.25, -0.2) is 18.7 Å². The van der Waals surface area contributed by atoms with Gasteiger partial charge in [-0.15, -0.1) is 0 Å². The normalized spacial score (nSPS) is 20.5. The number of halogens is 2. The fourth-order valence-electron chi connectivity index (χ4n) is 3.79. The van der Waals surface area contributed by atoms with Gasteiger partial charge in [0.2, 0.25) is 5.91 Å².